The number of methoxy groups -OCH3 is 1. The van der Waals surface area contributed by atoms with E-state index in [1.807, 2.05) is 0 Å². The topological polar surface area (TPSA) is 93.5 Å². The van der Waals surface area contributed by atoms with Gasteiger partial charge in [-0.05, 0) is 18.2 Å². The highest BCUT2D eigenvalue weighted by Crippen LogP contribution is 2.01. The first-order chi connectivity index (χ1) is 10.7. The maximum atomic E-state index is 12.1. The van der Waals surface area contributed by atoms with Crippen molar-refractivity contribution < 1.29 is 14.3 Å². The molecule has 1 amide bonds. The number of hydrogen-bond donors (Lipinski definition) is 1. The Morgan fingerprint density at radius 3 is 2.50 bits per heavy atom. The number of ether oxygens (including phenoxy) is 1. The van der Waals surface area contributed by atoms with Crippen molar-refractivity contribution in [3.05, 3.63) is 54.4 Å². The molecule has 0 saturated heterocycles. The van der Waals surface area contributed by atoms with Gasteiger partial charge in [-0.3, -0.25) is 4.79 Å². The lowest BCUT2D eigenvalue weighted by Gasteiger charge is -2.12. The second-order valence-electron chi connectivity index (χ2n) is 4.17. The molecule has 0 aliphatic heterocycles. The Labute approximate surface area is 127 Å². The van der Waals surface area contributed by atoms with Crippen molar-refractivity contribution in [1.82, 2.24) is 15.3 Å². The second kappa shape index (κ2) is 7.63. The van der Waals surface area contributed by atoms with E-state index in [9.17, 15) is 9.59 Å². The minimum atomic E-state index is -1.03. The van der Waals surface area contributed by atoms with E-state index in [1.54, 1.807) is 36.4 Å². The molecule has 2 aromatic rings. The zero-order valence-corrected chi connectivity index (χ0v) is 11.8. The summed E-state index contributed by atoms with van der Waals surface area (Å²) in [6.45, 7) is 0. The van der Waals surface area contributed by atoms with Crippen LogP contribution in [0.5, 0.6) is 0 Å². The van der Waals surface area contributed by atoms with Crippen LogP contribution in [-0.2, 0) is 9.53 Å². The van der Waals surface area contributed by atoms with Crippen LogP contribution in [-0.4, -0.2) is 41.2 Å². The number of rotatable bonds is 5. The van der Waals surface area contributed by atoms with Gasteiger partial charge < -0.3 is 10.1 Å². The number of amides is 1. The third-order valence-corrected chi connectivity index (χ3v) is 2.67. The molecule has 7 nitrogen and oxygen atoms in total. The molecule has 112 valence electrons. The maximum absolute atomic E-state index is 12.1. The van der Waals surface area contributed by atoms with Gasteiger partial charge in [-0.25, -0.2) is 19.8 Å². The van der Waals surface area contributed by atoms with E-state index in [-0.39, 0.29) is 5.95 Å². The largest absolute Gasteiger partial charge is 0.467 e. The Hall–Kier alpha value is -3.09. The molecule has 0 fully saturated rings. The lowest BCUT2D eigenvalue weighted by Crippen LogP contribution is -2.42. The molecule has 22 heavy (non-hydrogen) atoms. The van der Waals surface area contributed by atoms with Crippen molar-refractivity contribution in [2.45, 2.75) is 6.04 Å². The van der Waals surface area contributed by atoms with Gasteiger partial charge in [0.2, 0.25) is 5.95 Å². The van der Waals surface area contributed by atoms with E-state index < -0.39 is 17.9 Å². The maximum Gasteiger partial charge on any atom is 0.334 e. The van der Waals surface area contributed by atoms with Gasteiger partial charge in [0.1, 0.15) is 0 Å². The van der Waals surface area contributed by atoms with Gasteiger partial charge >= 0.3 is 5.97 Å². The molecule has 0 radical (unpaired) electrons. The SMILES string of the molecule is COC(=O)C(C=Nc1ncccn1)NC(=O)c1ccccc1. The Balaban J connectivity index is 2.12. The quantitative estimate of drug-likeness (QED) is 0.660. The van der Waals surface area contributed by atoms with E-state index in [0.29, 0.717) is 5.56 Å². The van der Waals surface area contributed by atoms with E-state index in [2.05, 4.69) is 25.0 Å². The fourth-order valence-electron chi connectivity index (χ4n) is 1.60. The average Bonchev–Trinajstić information content (AvgIpc) is 2.59. The number of aromatic nitrogens is 2. The predicted octanol–water partition coefficient (Wildman–Crippen LogP) is 1.15. The van der Waals surface area contributed by atoms with Gasteiger partial charge in [0.05, 0.1) is 7.11 Å². The molecule has 1 aromatic carbocycles. The Bertz CT molecular complexity index is 659. The van der Waals surface area contributed by atoms with E-state index in [1.165, 1.54) is 25.7 Å². The number of carbonyl (C=O) groups excluding carboxylic acids is 2. The first-order valence-corrected chi connectivity index (χ1v) is 6.45. The molecule has 0 aliphatic carbocycles. The summed E-state index contributed by atoms with van der Waals surface area (Å²) in [5.74, 6) is -0.856. The van der Waals surface area contributed by atoms with Crippen LogP contribution in [0.15, 0.2) is 53.8 Å². The monoisotopic (exact) mass is 298 g/mol. The fraction of sp³-hybridized carbons (Fsp3) is 0.133. The van der Waals surface area contributed by atoms with Crippen molar-refractivity contribution >= 4 is 24.0 Å². The van der Waals surface area contributed by atoms with Gasteiger partial charge in [-0.15, -0.1) is 0 Å². The number of aliphatic imine (C=N–C) groups is 1. The van der Waals surface area contributed by atoms with Gasteiger partial charge in [-0.1, -0.05) is 18.2 Å². The third-order valence-electron chi connectivity index (χ3n) is 2.67. The van der Waals surface area contributed by atoms with E-state index in [4.69, 9.17) is 0 Å². The molecule has 1 atom stereocenters. The highest BCUT2D eigenvalue weighted by molar-refractivity contribution is 6.03. The molecule has 7 heteroatoms. The average molecular weight is 298 g/mol. The van der Waals surface area contributed by atoms with Crippen LogP contribution >= 0.6 is 0 Å². The van der Waals surface area contributed by atoms with Gasteiger partial charge in [0.25, 0.3) is 5.91 Å². The van der Waals surface area contributed by atoms with Crippen LogP contribution in [0.2, 0.25) is 0 Å². The van der Waals surface area contributed by atoms with E-state index in [0.717, 1.165) is 0 Å². The predicted molar refractivity (Wildman–Crippen MR) is 79.9 cm³/mol. The van der Waals surface area contributed by atoms with Crippen LogP contribution < -0.4 is 5.32 Å². The molecule has 0 spiro atoms. The lowest BCUT2D eigenvalue weighted by atomic mass is 10.2. The van der Waals surface area contributed by atoms with Gasteiger partial charge in [0, 0.05) is 24.2 Å². The Kier molecular flexibility index (Phi) is 5.31. The summed E-state index contributed by atoms with van der Waals surface area (Å²) in [7, 11) is 1.23. The minimum Gasteiger partial charge on any atom is -0.467 e. The standard InChI is InChI=1S/C15H14N4O3/c1-22-14(21)12(10-18-15-16-8-5-9-17-15)19-13(20)11-6-3-2-4-7-11/h2-10,12H,1H3,(H,19,20). The highest BCUT2D eigenvalue weighted by Gasteiger charge is 2.20. The van der Waals surface area contributed by atoms with Gasteiger partial charge in [0.15, 0.2) is 6.04 Å². The molecule has 1 aromatic heterocycles. The summed E-state index contributed by atoms with van der Waals surface area (Å²) in [4.78, 5) is 35.6. The summed E-state index contributed by atoms with van der Waals surface area (Å²) < 4.78 is 4.65. The molecule has 1 unspecified atom stereocenters. The number of nitrogens with zero attached hydrogens (tertiary/aromatic N) is 3. The molecule has 0 bridgehead atoms. The molecule has 2 rings (SSSR count). The summed E-state index contributed by atoms with van der Waals surface area (Å²) in [5, 5.41) is 2.54. The Morgan fingerprint density at radius 1 is 1.18 bits per heavy atom. The summed E-state index contributed by atoms with van der Waals surface area (Å²) in [5.41, 5.74) is 0.431. The highest BCUT2D eigenvalue weighted by atomic mass is 16.5. The summed E-state index contributed by atoms with van der Waals surface area (Å²) >= 11 is 0. The van der Waals surface area contributed by atoms with Gasteiger partial charge in [-0.2, -0.15) is 0 Å². The lowest BCUT2D eigenvalue weighted by molar-refractivity contribution is -0.140. The van der Waals surface area contributed by atoms with Crippen molar-refractivity contribution in [2.75, 3.05) is 7.11 Å². The number of esters is 1. The second-order valence-corrected chi connectivity index (χ2v) is 4.17. The van der Waals surface area contributed by atoms with Crippen LogP contribution in [0.1, 0.15) is 10.4 Å². The Morgan fingerprint density at radius 2 is 1.86 bits per heavy atom. The molecule has 1 N–H and O–H groups in total. The molecule has 0 saturated carbocycles. The third kappa shape index (κ3) is 4.20. The summed E-state index contributed by atoms with van der Waals surface area (Å²) in [6.07, 6.45) is 4.28. The van der Waals surface area contributed by atoms with E-state index >= 15 is 0 Å². The number of benzene rings is 1. The van der Waals surface area contributed by atoms with Crippen LogP contribution in [0, 0.1) is 0 Å². The first kappa shape index (κ1) is 15.3. The molecular formula is C15H14N4O3. The minimum absolute atomic E-state index is 0.186. The van der Waals surface area contributed by atoms with Crippen LogP contribution in [0.3, 0.4) is 0 Å². The fourth-order valence-corrected chi connectivity index (χ4v) is 1.60. The van der Waals surface area contributed by atoms with Crippen molar-refractivity contribution in [3.63, 3.8) is 0 Å². The first-order valence-electron chi connectivity index (χ1n) is 6.45. The van der Waals surface area contributed by atoms with Crippen molar-refractivity contribution in [2.24, 2.45) is 4.99 Å². The van der Waals surface area contributed by atoms with Crippen LogP contribution in [0.25, 0.3) is 0 Å². The van der Waals surface area contributed by atoms with Crippen LogP contribution in [0.4, 0.5) is 5.95 Å². The molecule has 0 aliphatic rings. The normalized spacial score (nSPS) is 11.9. The smallest absolute Gasteiger partial charge is 0.334 e. The molecule has 1 heterocycles. The number of carbonyl (C=O) groups is 2. The zero-order valence-electron chi connectivity index (χ0n) is 11.8. The van der Waals surface area contributed by atoms with Crippen molar-refractivity contribution in [1.29, 1.82) is 0 Å². The molecular weight excluding hydrogens is 284 g/mol. The number of nitrogens with one attached hydrogen (secondary N) is 1. The summed E-state index contributed by atoms with van der Waals surface area (Å²) in [6, 6.07) is 9.16. The number of hydrogen-bond acceptors (Lipinski definition) is 6. The van der Waals surface area contributed by atoms with Crippen molar-refractivity contribution in [3.8, 4) is 0 Å². The zero-order chi connectivity index (χ0) is 15.8.